The molecule has 1 rings (SSSR count). The van der Waals surface area contributed by atoms with Gasteiger partial charge in [0.25, 0.3) is 0 Å². The van der Waals surface area contributed by atoms with Crippen molar-refractivity contribution in [3.8, 4) is 0 Å². The molecule has 0 saturated heterocycles. The van der Waals surface area contributed by atoms with Crippen LogP contribution in [0, 0.1) is 0 Å². The average molecular weight is 222 g/mol. The Balaban J connectivity index is 3.06. The number of rotatable bonds is 1. The number of hydrogen-bond acceptors (Lipinski definition) is 2. The van der Waals surface area contributed by atoms with Crippen LogP contribution in [0.15, 0.2) is 16.7 Å². The van der Waals surface area contributed by atoms with Crippen molar-refractivity contribution >= 4 is 27.5 Å². The SMILES string of the molecule is OCc1cc(Cl)nc(Br)c1. The smallest absolute Gasteiger partial charge is 0.130 e. The predicted molar refractivity (Wildman–Crippen MR) is 42.9 cm³/mol. The van der Waals surface area contributed by atoms with Gasteiger partial charge in [0, 0.05) is 0 Å². The second kappa shape index (κ2) is 3.32. The highest BCUT2D eigenvalue weighted by Gasteiger charge is 1.96. The lowest BCUT2D eigenvalue weighted by Crippen LogP contribution is -1.85. The van der Waals surface area contributed by atoms with E-state index in [0.29, 0.717) is 9.76 Å². The van der Waals surface area contributed by atoms with E-state index in [1.807, 2.05) is 0 Å². The first-order valence-corrected chi connectivity index (χ1v) is 3.82. The van der Waals surface area contributed by atoms with E-state index in [2.05, 4.69) is 20.9 Å². The maximum Gasteiger partial charge on any atom is 0.130 e. The quantitative estimate of drug-likeness (QED) is 0.737. The second-order valence-electron chi connectivity index (χ2n) is 1.78. The zero-order valence-corrected chi connectivity index (χ0v) is 7.35. The van der Waals surface area contributed by atoms with Gasteiger partial charge in [-0.15, -0.1) is 0 Å². The van der Waals surface area contributed by atoms with Gasteiger partial charge in [0.2, 0.25) is 0 Å². The molecule has 4 heteroatoms. The highest BCUT2D eigenvalue weighted by Crippen LogP contribution is 2.14. The van der Waals surface area contributed by atoms with Gasteiger partial charge in [-0.1, -0.05) is 11.6 Å². The summed E-state index contributed by atoms with van der Waals surface area (Å²) in [5, 5.41) is 9.07. The van der Waals surface area contributed by atoms with Crippen LogP contribution in [0.25, 0.3) is 0 Å². The fourth-order valence-corrected chi connectivity index (χ4v) is 1.42. The Bertz CT molecular complexity index is 221. The van der Waals surface area contributed by atoms with Crippen molar-refractivity contribution < 1.29 is 5.11 Å². The van der Waals surface area contributed by atoms with Gasteiger partial charge < -0.3 is 5.11 Å². The standard InChI is InChI=1S/C6H5BrClNO/c7-5-1-4(3-10)2-6(8)9-5/h1-2,10H,3H2. The van der Waals surface area contributed by atoms with Crippen LogP contribution in [0.3, 0.4) is 0 Å². The zero-order chi connectivity index (χ0) is 7.56. The molecule has 0 fully saturated rings. The molecule has 0 spiro atoms. The van der Waals surface area contributed by atoms with Gasteiger partial charge in [-0.3, -0.25) is 0 Å². The van der Waals surface area contributed by atoms with Crippen LogP contribution < -0.4 is 0 Å². The Hall–Kier alpha value is -0.120. The molecule has 1 heterocycles. The largest absolute Gasteiger partial charge is 0.392 e. The molecule has 2 nitrogen and oxygen atoms in total. The summed E-state index contributed by atoms with van der Waals surface area (Å²) in [5.74, 6) is 0. The van der Waals surface area contributed by atoms with Gasteiger partial charge in [-0.2, -0.15) is 0 Å². The molecule has 0 aliphatic rings. The highest BCUT2D eigenvalue weighted by molar-refractivity contribution is 9.10. The number of aromatic nitrogens is 1. The third-order valence-electron chi connectivity index (χ3n) is 1.01. The van der Waals surface area contributed by atoms with E-state index >= 15 is 0 Å². The summed E-state index contributed by atoms with van der Waals surface area (Å²) in [5.41, 5.74) is 0.756. The third kappa shape index (κ3) is 1.94. The van der Waals surface area contributed by atoms with Crippen LogP contribution in [0.5, 0.6) is 0 Å². The van der Waals surface area contributed by atoms with Gasteiger partial charge in [-0.05, 0) is 33.6 Å². The van der Waals surface area contributed by atoms with Gasteiger partial charge in [0.05, 0.1) is 6.61 Å². The van der Waals surface area contributed by atoms with Crippen LogP contribution in [-0.2, 0) is 6.61 Å². The average Bonchev–Trinajstić information content (AvgIpc) is 1.85. The molecule has 54 valence electrons. The van der Waals surface area contributed by atoms with E-state index in [1.165, 1.54) is 0 Å². The van der Waals surface area contributed by atoms with E-state index in [0.717, 1.165) is 5.56 Å². The van der Waals surface area contributed by atoms with E-state index in [4.69, 9.17) is 16.7 Å². The minimum Gasteiger partial charge on any atom is -0.392 e. The molecule has 0 saturated carbocycles. The van der Waals surface area contributed by atoms with Crippen molar-refractivity contribution in [2.75, 3.05) is 0 Å². The molecular weight excluding hydrogens is 217 g/mol. The molecule has 0 aromatic carbocycles. The van der Waals surface area contributed by atoms with Crippen molar-refractivity contribution in [3.05, 3.63) is 27.5 Å². The normalized spacial score (nSPS) is 9.90. The minimum absolute atomic E-state index is 0.0131. The monoisotopic (exact) mass is 221 g/mol. The number of halogens is 2. The number of pyridine rings is 1. The molecule has 0 aliphatic heterocycles. The molecule has 1 aromatic rings. The van der Waals surface area contributed by atoms with Crippen LogP contribution in [0.1, 0.15) is 5.56 Å². The molecule has 10 heavy (non-hydrogen) atoms. The summed E-state index contributed by atoms with van der Waals surface area (Å²) >= 11 is 8.72. The first kappa shape index (κ1) is 7.98. The molecule has 0 bridgehead atoms. The zero-order valence-electron chi connectivity index (χ0n) is 5.01. The summed E-state index contributed by atoms with van der Waals surface area (Å²) in [6, 6.07) is 3.33. The predicted octanol–water partition coefficient (Wildman–Crippen LogP) is 1.99. The summed E-state index contributed by atoms with van der Waals surface area (Å²) < 4.78 is 0.643. The number of aliphatic hydroxyl groups excluding tert-OH is 1. The van der Waals surface area contributed by atoms with Crippen molar-refractivity contribution in [2.45, 2.75) is 6.61 Å². The first-order chi connectivity index (χ1) is 4.72. The van der Waals surface area contributed by atoms with Crippen molar-refractivity contribution in [1.82, 2.24) is 4.98 Å². The van der Waals surface area contributed by atoms with E-state index in [-0.39, 0.29) is 6.61 Å². The summed E-state index contributed by atoms with van der Waals surface area (Å²) in [6.07, 6.45) is 0. The number of aliphatic hydroxyl groups is 1. The lowest BCUT2D eigenvalue weighted by atomic mass is 10.3. The fraction of sp³-hybridized carbons (Fsp3) is 0.167. The van der Waals surface area contributed by atoms with Gasteiger partial charge in [0.15, 0.2) is 0 Å². The van der Waals surface area contributed by atoms with Gasteiger partial charge >= 0.3 is 0 Å². The van der Waals surface area contributed by atoms with Crippen LogP contribution in [-0.4, -0.2) is 10.1 Å². The topological polar surface area (TPSA) is 33.1 Å². The highest BCUT2D eigenvalue weighted by atomic mass is 79.9. The van der Waals surface area contributed by atoms with Gasteiger partial charge in [-0.25, -0.2) is 4.98 Å². The lowest BCUT2D eigenvalue weighted by molar-refractivity contribution is 0.281. The minimum atomic E-state index is -0.0131. The molecule has 1 aromatic heterocycles. The number of nitrogens with zero attached hydrogens (tertiary/aromatic N) is 1. The fourth-order valence-electron chi connectivity index (χ4n) is 0.606. The first-order valence-electron chi connectivity index (χ1n) is 2.65. The van der Waals surface area contributed by atoms with Gasteiger partial charge in [0.1, 0.15) is 9.76 Å². The number of hydrogen-bond donors (Lipinski definition) is 1. The third-order valence-corrected chi connectivity index (χ3v) is 1.61. The molecular formula is C6H5BrClNO. The Morgan fingerprint density at radius 2 is 2.30 bits per heavy atom. The maximum absolute atomic E-state index is 8.68. The van der Waals surface area contributed by atoms with Crippen LogP contribution in [0.4, 0.5) is 0 Å². The van der Waals surface area contributed by atoms with Crippen molar-refractivity contribution in [2.24, 2.45) is 0 Å². The maximum atomic E-state index is 8.68. The Morgan fingerprint density at radius 3 is 2.80 bits per heavy atom. The summed E-state index contributed by atoms with van der Waals surface area (Å²) in [7, 11) is 0. The Kier molecular flexibility index (Phi) is 2.65. The Labute approximate surface area is 72.0 Å². The molecule has 0 unspecified atom stereocenters. The molecule has 0 atom stereocenters. The van der Waals surface area contributed by atoms with Crippen molar-refractivity contribution in [3.63, 3.8) is 0 Å². The van der Waals surface area contributed by atoms with E-state index < -0.39 is 0 Å². The van der Waals surface area contributed by atoms with Crippen LogP contribution >= 0.6 is 27.5 Å². The molecule has 0 radical (unpaired) electrons. The molecule has 0 aliphatic carbocycles. The lowest BCUT2D eigenvalue weighted by Gasteiger charge is -1.96. The Morgan fingerprint density at radius 1 is 1.60 bits per heavy atom. The van der Waals surface area contributed by atoms with E-state index in [1.54, 1.807) is 12.1 Å². The van der Waals surface area contributed by atoms with Crippen molar-refractivity contribution in [1.29, 1.82) is 0 Å². The summed E-state index contributed by atoms with van der Waals surface area (Å²) in [6.45, 7) is -0.0131. The second-order valence-corrected chi connectivity index (χ2v) is 2.98. The summed E-state index contributed by atoms with van der Waals surface area (Å²) in [4.78, 5) is 3.85. The van der Waals surface area contributed by atoms with E-state index in [9.17, 15) is 0 Å². The molecule has 0 amide bonds. The van der Waals surface area contributed by atoms with Crippen LogP contribution in [0.2, 0.25) is 5.15 Å². The molecule has 1 N–H and O–H groups in total.